The van der Waals surface area contributed by atoms with Gasteiger partial charge in [0.15, 0.2) is 9.84 Å². The Bertz CT molecular complexity index is 1250. The van der Waals surface area contributed by atoms with Crippen molar-refractivity contribution in [2.45, 2.75) is 162 Å². The molecule has 0 aromatic carbocycles. The van der Waals surface area contributed by atoms with E-state index in [9.17, 15) is 32.4 Å². The normalized spacial score (nSPS) is 19.2. The first kappa shape index (κ1) is 52.9. The number of sulfone groups is 1. The summed E-state index contributed by atoms with van der Waals surface area (Å²) >= 11 is 0. The molecule has 1 heterocycles. The number of carbonyl (C=O) groups is 5. The summed E-state index contributed by atoms with van der Waals surface area (Å²) in [6.45, 7) is 20.8. The van der Waals surface area contributed by atoms with Crippen LogP contribution in [0.5, 0.6) is 0 Å². The first-order valence-electron chi connectivity index (χ1n) is 20.1. The second-order valence-corrected chi connectivity index (χ2v) is 17.0. The molecule has 312 valence electrons. The van der Waals surface area contributed by atoms with Crippen molar-refractivity contribution in [3.8, 4) is 12.3 Å². The highest BCUT2D eigenvalue weighted by molar-refractivity contribution is 7.92. The number of terminal acetylenes is 1. The fourth-order valence-electron chi connectivity index (χ4n) is 6.48. The molecule has 4 amide bonds. The quantitative estimate of drug-likeness (QED) is 0.0769. The van der Waals surface area contributed by atoms with E-state index < -0.39 is 45.1 Å². The first-order valence-corrected chi connectivity index (χ1v) is 21.8. The minimum atomic E-state index is -3.06. The van der Waals surface area contributed by atoms with Crippen LogP contribution in [0.4, 0.5) is 0 Å². The SMILES string of the molecule is C#CCCC(NC(=O)C1C(C)CCN1C(=O)CNC)C(=O)C(=O)NCC=C.CC.CC(C)C.CCC.O=CNC1(CS(=O)(=O)C2CCCC2)CCCCC1. The Kier molecular flexibility index (Phi) is 29.4. The highest BCUT2D eigenvalue weighted by Crippen LogP contribution is 2.33. The lowest BCUT2D eigenvalue weighted by Gasteiger charge is -2.37. The molecule has 3 atom stereocenters. The van der Waals surface area contributed by atoms with Crippen LogP contribution >= 0.6 is 0 Å². The van der Waals surface area contributed by atoms with Gasteiger partial charge in [0, 0.05) is 19.5 Å². The highest BCUT2D eigenvalue weighted by atomic mass is 32.2. The van der Waals surface area contributed by atoms with Gasteiger partial charge in [0.1, 0.15) is 6.04 Å². The van der Waals surface area contributed by atoms with Gasteiger partial charge in [0.05, 0.1) is 29.1 Å². The Hall–Kier alpha value is -3.24. The molecule has 0 aromatic rings. The summed E-state index contributed by atoms with van der Waals surface area (Å²) in [5.74, 6) is 1.13. The number of hydrogen-bond acceptors (Lipinski definition) is 8. The van der Waals surface area contributed by atoms with Crippen LogP contribution in [0.3, 0.4) is 0 Å². The van der Waals surface area contributed by atoms with Gasteiger partial charge in [0.2, 0.25) is 24.0 Å². The summed E-state index contributed by atoms with van der Waals surface area (Å²) in [5, 5.41) is 10.5. The zero-order valence-electron chi connectivity index (χ0n) is 35.1. The molecule has 2 saturated carbocycles. The van der Waals surface area contributed by atoms with E-state index >= 15 is 0 Å². The molecule has 12 nitrogen and oxygen atoms in total. The molecular weight excluding hydrogens is 707 g/mol. The van der Waals surface area contributed by atoms with Gasteiger partial charge in [-0.25, -0.2) is 8.42 Å². The van der Waals surface area contributed by atoms with Gasteiger partial charge in [-0.2, -0.15) is 0 Å². The third-order valence-corrected chi connectivity index (χ3v) is 11.4. The van der Waals surface area contributed by atoms with Gasteiger partial charge in [-0.05, 0) is 57.4 Å². The van der Waals surface area contributed by atoms with Crippen LogP contribution in [0.15, 0.2) is 12.7 Å². The molecule has 1 saturated heterocycles. The number of nitrogens with one attached hydrogen (secondary N) is 4. The fourth-order valence-corrected chi connectivity index (χ4v) is 8.91. The maximum absolute atomic E-state index is 12.8. The fraction of sp³-hybridized carbons (Fsp3) is 0.780. The maximum atomic E-state index is 12.8. The van der Waals surface area contributed by atoms with Gasteiger partial charge in [-0.3, -0.25) is 24.0 Å². The minimum Gasteiger partial charge on any atom is -0.352 e. The second-order valence-electron chi connectivity index (χ2n) is 14.8. The van der Waals surface area contributed by atoms with Crippen molar-refractivity contribution in [2.24, 2.45) is 11.8 Å². The van der Waals surface area contributed by atoms with Gasteiger partial charge in [0.25, 0.3) is 5.91 Å². The smallest absolute Gasteiger partial charge is 0.289 e. The summed E-state index contributed by atoms with van der Waals surface area (Å²) in [7, 11) is -1.41. The molecule has 0 aromatic heterocycles. The Morgan fingerprint density at radius 1 is 1.00 bits per heavy atom. The first-order chi connectivity index (χ1) is 25.6. The molecule has 3 fully saturated rings. The number of carbonyl (C=O) groups excluding carboxylic acids is 5. The molecule has 3 aliphatic rings. The lowest BCUT2D eigenvalue weighted by molar-refractivity contribution is -0.142. The topological polar surface area (TPSA) is 171 Å². The molecule has 0 spiro atoms. The van der Waals surface area contributed by atoms with Crippen molar-refractivity contribution in [1.82, 2.24) is 26.2 Å². The molecule has 3 unspecified atom stereocenters. The third kappa shape index (κ3) is 20.4. The predicted octanol–water partition coefficient (Wildman–Crippen LogP) is 5.11. The van der Waals surface area contributed by atoms with Gasteiger partial charge in [-0.1, -0.05) is 100.0 Å². The summed E-state index contributed by atoms with van der Waals surface area (Å²) in [4.78, 5) is 61.7. The highest BCUT2D eigenvalue weighted by Gasteiger charge is 2.41. The van der Waals surface area contributed by atoms with Crippen LogP contribution in [0, 0.1) is 24.2 Å². The van der Waals surface area contributed by atoms with E-state index in [1.54, 1.807) is 7.05 Å². The van der Waals surface area contributed by atoms with E-state index in [4.69, 9.17) is 6.42 Å². The molecule has 2 aliphatic carbocycles. The van der Waals surface area contributed by atoms with Crippen LogP contribution in [-0.4, -0.2) is 98.5 Å². The van der Waals surface area contributed by atoms with Crippen LogP contribution in [0.1, 0.15) is 139 Å². The zero-order chi connectivity index (χ0) is 41.7. The Labute approximate surface area is 328 Å². The number of nitrogens with zero attached hydrogens (tertiary/aromatic N) is 1. The Morgan fingerprint density at radius 3 is 2.04 bits per heavy atom. The summed E-state index contributed by atoms with van der Waals surface area (Å²) in [6, 6.07) is -1.71. The predicted molar refractivity (Wildman–Crippen MR) is 220 cm³/mol. The van der Waals surface area contributed by atoms with E-state index in [0.717, 1.165) is 63.7 Å². The number of ketones is 1. The van der Waals surface area contributed by atoms with E-state index in [0.29, 0.717) is 19.4 Å². The van der Waals surface area contributed by atoms with E-state index in [1.807, 2.05) is 20.8 Å². The van der Waals surface area contributed by atoms with Crippen LogP contribution < -0.4 is 21.3 Å². The molecule has 0 radical (unpaired) electrons. The average Bonchev–Trinajstić information content (AvgIpc) is 3.82. The van der Waals surface area contributed by atoms with Crippen molar-refractivity contribution < 1.29 is 32.4 Å². The van der Waals surface area contributed by atoms with Crippen LogP contribution in [0.2, 0.25) is 0 Å². The lowest BCUT2D eigenvalue weighted by Crippen LogP contribution is -2.55. The van der Waals surface area contributed by atoms with E-state index in [2.05, 4.69) is 68.4 Å². The number of likely N-dealkylation sites (tertiary alicyclic amines) is 1. The van der Waals surface area contributed by atoms with Crippen molar-refractivity contribution in [2.75, 3.05) is 32.4 Å². The monoisotopic (exact) mass is 782 g/mol. The number of Topliss-reactive ketones (excluding diaryl/α,β-unsaturated/α-hetero) is 1. The van der Waals surface area contributed by atoms with Crippen molar-refractivity contribution >= 4 is 39.8 Å². The van der Waals surface area contributed by atoms with E-state index in [1.165, 1.54) is 17.4 Å². The summed E-state index contributed by atoms with van der Waals surface area (Å²) < 4.78 is 24.9. The molecule has 3 rings (SSSR count). The van der Waals surface area contributed by atoms with Crippen molar-refractivity contribution in [1.29, 1.82) is 0 Å². The van der Waals surface area contributed by atoms with Crippen LogP contribution in [-0.2, 0) is 33.8 Å². The zero-order valence-corrected chi connectivity index (χ0v) is 35.9. The molecule has 1 aliphatic heterocycles. The third-order valence-electron chi connectivity index (χ3n) is 8.92. The second kappa shape index (κ2) is 30.0. The summed E-state index contributed by atoms with van der Waals surface area (Å²) in [6.07, 6.45) is 18.1. The van der Waals surface area contributed by atoms with Gasteiger partial charge >= 0.3 is 0 Å². The Balaban J connectivity index is 0. The van der Waals surface area contributed by atoms with E-state index in [-0.39, 0.29) is 48.8 Å². The largest absolute Gasteiger partial charge is 0.352 e. The average molecular weight is 782 g/mol. The molecule has 54 heavy (non-hydrogen) atoms. The molecular formula is C41H75N5O7S. The van der Waals surface area contributed by atoms with Gasteiger partial charge < -0.3 is 26.2 Å². The number of amides is 4. The molecule has 4 N–H and O–H groups in total. The van der Waals surface area contributed by atoms with Crippen molar-refractivity contribution in [3.63, 3.8) is 0 Å². The van der Waals surface area contributed by atoms with Gasteiger partial charge in [-0.15, -0.1) is 18.9 Å². The Morgan fingerprint density at radius 2 is 1.56 bits per heavy atom. The summed E-state index contributed by atoms with van der Waals surface area (Å²) in [5.41, 5.74) is -0.485. The number of rotatable bonds is 15. The molecule has 0 bridgehead atoms. The maximum Gasteiger partial charge on any atom is 0.289 e. The lowest BCUT2D eigenvalue weighted by atomic mass is 9.83. The standard InChI is InChI=1S/C19H28N4O4.C13H23NO3S.C4H10.C3H8.C2H6/c1-5-7-8-14(17(25)19(27)21-10-6-2)22-18(26)16-13(3)9-11-23(16)15(24)12-20-4;15-11-14-13(8-4-1-5-9-13)10-18(16,17)12-6-2-3-7-12;1-4(2)3;1-3-2;1-2/h1,6,13-14,16,20H,2,7-12H2,3-4H3,(H,21,27)(H,22,26);11-12H,1-10H2,(H,14,15);4H,1-3H3;3H2,1-2H3;1-2H3. The molecule has 13 heteroatoms. The minimum absolute atomic E-state index is 0.0521. The van der Waals surface area contributed by atoms with Crippen LogP contribution in [0.25, 0.3) is 0 Å². The number of hydrogen-bond donors (Lipinski definition) is 4. The van der Waals surface area contributed by atoms with Crippen molar-refractivity contribution in [3.05, 3.63) is 12.7 Å². The number of likely N-dealkylation sites (N-methyl/N-ethyl adjacent to an activating group) is 1.